The van der Waals surface area contributed by atoms with Gasteiger partial charge in [0, 0.05) is 5.41 Å². The minimum Gasteiger partial charge on any atom is -0.491 e. The predicted octanol–water partition coefficient (Wildman–Crippen LogP) is 2.51. The van der Waals surface area contributed by atoms with Crippen molar-refractivity contribution in [3.63, 3.8) is 0 Å². The Morgan fingerprint density at radius 1 is 0.909 bits per heavy atom. The smallest absolute Gasteiger partial charge is 0.119 e. The topological polar surface area (TPSA) is 110 Å². The van der Waals surface area contributed by atoms with Crippen molar-refractivity contribution in [1.29, 1.82) is 0 Å². The van der Waals surface area contributed by atoms with E-state index in [0.29, 0.717) is 17.2 Å². The van der Waals surface area contributed by atoms with Crippen molar-refractivity contribution < 1.29 is 24.8 Å². The zero-order chi connectivity index (χ0) is 23.8. The van der Waals surface area contributed by atoms with E-state index in [1.165, 1.54) is 10.9 Å². The van der Waals surface area contributed by atoms with Gasteiger partial charge in [-0.3, -0.25) is 0 Å². The van der Waals surface area contributed by atoms with Crippen molar-refractivity contribution in [2.75, 3.05) is 19.1 Å². The van der Waals surface area contributed by atoms with E-state index in [4.69, 9.17) is 21.1 Å². The van der Waals surface area contributed by atoms with Gasteiger partial charge in [0.15, 0.2) is 0 Å². The van der Waals surface area contributed by atoms with E-state index in [1.807, 2.05) is 48.5 Å². The van der Waals surface area contributed by atoms with Crippen molar-refractivity contribution in [2.24, 2.45) is 0 Å². The number of alkyl halides is 1. The van der Waals surface area contributed by atoms with Crippen LogP contribution in [0.25, 0.3) is 0 Å². The van der Waals surface area contributed by atoms with E-state index in [0.717, 1.165) is 11.1 Å². The van der Waals surface area contributed by atoms with Crippen LogP contribution in [0.15, 0.2) is 54.7 Å². The van der Waals surface area contributed by atoms with Gasteiger partial charge in [-0.15, -0.1) is 16.7 Å². The lowest BCUT2D eigenvalue weighted by Crippen LogP contribution is -2.25. The summed E-state index contributed by atoms with van der Waals surface area (Å²) in [6.07, 6.45) is -0.0229. The van der Waals surface area contributed by atoms with Crippen molar-refractivity contribution in [3.05, 3.63) is 71.5 Å². The fourth-order valence-electron chi connectivity index (χ4n) is 3.34. The van der Waals surface area contributed by atoms with Crippen molar-refractivity contribution in [2.45, 2.75) is 44.6 Å². The molecule has 0 unspecified atom stereocenters. The third-order valence-corrected chi connectivity index (χ3v) is 5.81. The van der Waals surface area contributed by atoms with Gasteiger partial charge in [-0.25, -0.2) is 4.68 Å². The number of benzene rings is 2. The maximum Gasteiger partial charge on any atom is 0.119 e. The fraction of sp³-hybridized carbons (Fsp3) is 0.417. The number of hydrogen-bond donors (Lipinski definition) is 3. The Balaban J connectivity index is 1.56. The van der Waals surface area contributed by atoms with Crippen LogP contribution in [0.2, 0.25) is 0 Å². The summed E-state index contributed by atoms with van der Waals surface area (Å²) in [6.45, 7) is 4.51. The van der Waals surface area contributed by atoms with E-state index in [-0.39, 0.29) is 37.7 Å². The normalized spacial score (nSPS) is 13.5. The third-order valence-electron chi connectivity index (χ3n) is 5.46. The third kappa shape index (κ3) is 6.68. The molecule has 0 aliphatic carbocycles. The Bertz CT molecular complexity index is 992. The summed E-state index contributed by atoms with van der Waals surface area (Å²) in [5, 5.41) is 36.5. The molecule has 0 saturated carbocycles. The van der Waals surface area contributed by atoms with Gasteiger partial charge in [0.05, 0.1) is 30.9 Å². The van der Waals surface area contributed by atoms with E-state index >= 15 is 0 Å². The molecule has 0 bridgehead atoms. The molecule has 3 N–H and O–H groups in total. The summed E-state index contributed by atoms with van der Waals surface area (Å²) >= 11 is 5.59. The quantitative estimate of drug-likeness (QED) is 0.345. The van der Waals surface area contributed by atoms with Gasteiger partial charge in [-0.05, 0) is 35.4 Å². The number of nitrogens with zero attached hydrogens (tertiary/aromatic N) is 3. The van der Waals surface area contributed by atoms with E-state index in [9.17, 15) is 15.3 Å². The lowest BCUT2D eigenvalue weighted by molar-refractivity contribution is 0.0866. The Morgan fingerprint density at radius 2 is 1.42 bits per heavy atom. The molecule has 0 aliphatic heterocycles. The van der Waals surface area contributed by atoms with Gasteiger partial charge in [0.1, 0.15) is 36.9 Å². The van der Waals surface area contributed by atoms with Crippen molar-refractivity contribution in [3.8, 4) is 11.5 Å². The molecule has 1 heterocycles. The molecule has 0 saturated heterocycles. The minimum atomic E-state index is -0.792. The second-order valence-corrected chi connectivity index (χ2v) is 8.63. The molecular weight excluding hydrogens is 446 g/mol. The second kappa shape index (κ2) is 11.5. The molecule has 0 fully saturated rings. The Hall–Kier alpha value is -2.65. The zero-order valence-corrected chi connectivity index (χ0v) is 19.5. The van der Waals surface area contributed by atoms with Crippen molar-refractivity contribution >= 4 is 11.6 Å². The van der Waals surface area contributed by atoms with Crippen molar-refractivity contribution in [1.82, 2.24) is 15.0 Å². The molecule has 3 aromatic rings. The fourth-order valence-corrected chi connectivity index (χ4v) is 3.43. The molecule has 2 aromatic carbocycles. The molecule has 33 heavy (non-hydrogen) atoms. The molecule has 0 radical (unpaired) electrons. The molecule has 178 valence electrons. The summed E-state index contributed by atoms with van der Waals surface area (Å²) in [6, 6.07) is 15.5. The number of ether oxygens (including phenoxy) is 2. The second-order valence-electron chi connectivity index (χ2n) is 8.32. The molecule has 0 amide bonds. The van der Waals surface area contributed by atoms with Gasteiger partial charge in [-0.2, -0.15) is 0 Å². The summed E-state index contributed by atoms with van der Waals surface area (Å²) < 4.78 is 12.7. The lowest BCUT2D eigenvalue weighted by atomic mass is 9.78. The van der Waals surface area contributed by atoms with Crippen LogP contribution in [0.3, 0.4) is 0 Å². The molecule has 9 heteroatoms. The summed E-state index contributed by atoms with van der Waals surface area (Å²) in [7, 11) is 0. The van der Waals surface area contributed by atoms with Gasteiger partial charge >= 0.3 is 0 Å². The van der Waals surface area contributed by atoms with E-state index < -0.39 is 12.2 Å². The highest BCUT2D eigenvalue weighted by Crippen LogP contribution is 2.33. The standard InChI is InChI=1S/C24H30ClN3O5/c1-24(2,17-3-7-22(8-4-17)32-15-20(30)11-25)18-5-9-23(10-6-18)33-16-21(31)13-28-19(14-29)12-26-27-28/h3-10,12,20-21,29-31H,11,13-16H2,1-2H3/t20-,21+/m0/s1. The van der Waals surface area contributed by atoms with Crippen LogP contribution in [-0.4, -0.2) is 61.6 Å². The number of rotatable bonds is 12. The van der Waals surface area contributed by atoms with E-state index in [1.54, 1.807) is 0 Å². The Morgan fingerprint density at radius 3 is 1.91 bits per heavy atom. The highest BCUT2D eigenvalue weighted by molar-refractivity contribution is 6.18. The zero-order valence-electron chi connectivity index (χ0n) is 18.8. The highest BCUT2D eigenvalue weighted by Gasteiger charge is 2.23. The van der Waals surface area contributed by atoms with Gasteiger partial charge in [-0.1, -0.05) is 43.3 Å². The van der Waals surface area contributed by atoms with Crippen LogP contribution in [0.1, 0.15) is 30.7 Å². The molecule has 1 aromatic heterocycles. The van der Waals surface area contributed by atoms with Crippen LogP contribution in [0.5, 0.6) is 11.5 Å². The Kier molecular flexibility index (Phi) is 8.68. The summed E-state index contributed by atoms with van der Waals surface area (Å²) in [5.41, 5.74) is 2.51. The van der Waals surface area contributed by atoms with Crippen LogP contribution in [0.4, 0.5) is 0 Å². The first-order chi connectivity index (χ1) is 15.8. The molecular formula is C24H30ClN3O5. The van der Waals surface area contributed by atoms with Gasteiger partial charge in [0.2, 0.25) is 0 Å². The maximum absolute atomic E-state index is 10.2. The number of hydrogen-bond acceptors (Lipinski definition) is 7. The highest BCUT2D eigenvalue weighted by atomic mass is 35.5. The summed E-state index contributed by atoms with van der Waals surface area (Å²) in [4.78, 5) is 0. The first-order valence-electron chi connectivity index (χ1n) is 10.7. The molecule has 2 atom stereocenters. The first kappa shape index (κ1) is 25.0. The average Bonchev–Trinajstić information content (AvgIpc) is 3.28. The van der Waals surface area contributed by atoms with Crippen LogP contribution < -0.4 is 9.47 Å². The van der Waals surface area contributed by atoms with Gasteiger partial charge in [0.25, 0.3) is 0 Å². The maximum atomic E-state index is 10.2. The largest absolute Gasteiger partial charge is 0.491 e. The number of aliphatic hydroxyl groups excluding tert-OH is 3. The van der Waals surface area contributed by atoms with E-state index in [2.05, 4.69) is 24.2 Å². The number of aromatic nitrogens is 3. The molecule has 0 spiro atoms. The monoisotopic (exact) mass is 475 g/mol. The van der Waals surface area contributed by atoms with Crippen LogP contribution in [0, 0.1) is 0 Å². The molecule has 0 aliphatic rings. The number of aliphatic hydroxyl groups is 3. The Labute approximate surface area is 198 Å². The SMILES string of the molecule is CC(C)(c1ccc(OC[C@@H](O)CCl)cc1)c1ccc(OC[C@H](O)Cn2nncc2CO)cc1. The number of halogens is 1. The first-order valence-corrected chi connectivity index (χ1v) is 11.2. The minimum absolute atomic E-state index is 0.0906. The summed E-state index contributed by atoms with van der Waals surface area (Å²) in [5.74, 6) is 1.46. The molecule has 3 rings (SSSR count). The predicted molar refractivity (Wildman–Crippen MR) is 125 cm³/mol. The average molecular weight is 476 g/mol. The molecule has 8 nitrogen and oxygen atoms in total. The van der Waals surface area contributed by atoms with Crippen LogP contribution >= 0.6 is 11.6 Å². The van der Waals surface area contributed by atoms with Gasteiger partial charge < -0.3 is 24.8 Å². The lowest BCUT2D eigenvalue weighted by Gasteiger charge is -2.26. The van der Waals surface area contributed by atoms with Crippen LogP contribution in [-0.2, 0) is 18.6 Å².